The zero-order chi connectivity index (χ0) is 13.7. The number of benzene rings is 1. The Balaban J connectivity index is 1.74. The van der Waals surface area contributed by atoms with Crippen LogP contribution in [-0.2, 0) is 20.1 Å². The number of halogens is 1. The lowest BCUT2D eigenvalue weighted by Gasteiger charge is -2.06. The van der Waals surface area contributed by atoms with Crippen LogP contribution in [0.5, 0.6) is 0 Å². The molecule has 1 aromatic carbocycles. The quantitative estimate of drug-likeness (QED) is 0.899. The van der Waals surface area contributed by atoms with Crippen molar-refractivity contribution in [1.29, 1.82) is 0 Å². The van der Waals surface area contributed by atoms with E-state index in [2.05, 4.69) is 15.7 Å². The summed E-state index contributed by atoms with van der Waals surface area (Å²) in [6.07, 6.45) is 3.58. The first-order valence-electron chi connectivity index (χ1n) is 5.87. The normalized spacial score (nSPS) is 10.2. The van der Waals surface area contributed by atoms with E-state index in [1.54, 1.807) is 23.0 Å². The van der Waals surface area contributed by atoms with E-state index in [0.717, 1.165) is 11.1 Å². The number of hydrogen-bond donors (Lipinski definition) is 2. The van der Waals surface area contributed by atoms with Crippen LogP contribution in [0.3, 0.4) is 0 Å². The van der Waals surface area contributed by atoms with E-state index in [-0.39, 0.29) is 6.03 Å². The Labute approximate surface area is 116 Å². The van der Waals surface area contributed by atoms with E-state index >= 15 is 0 Å². The monoisotopic (exact) mass is 278 g/mol. The van der Waals surface area contributed by atoms with Crippen LogP contribution in [0, 0.1) is 0 Å². The molecule has 0 fully saturated rings. The van der Waals surface area contributed by atoms with Crippen LogP contribution >= 0.6 is 11.6 Å². The molecule has 19 heavy (non-hydrogen) atoms. The fraction of sp³-hybridized carbons (Fsp3) is 0.231. The highest BCUT2D eigenvalue weighted by Gasteiger charge is 2.02. The third kappa shape index (κ3) is 4.30. The van der Waals surface area contributed by atoms with Gasteiger partial charge in [-0.3, -0.25) is 4.68 Å². The summed E-state index contributed by atoms with van der Waals surface area (Å²) < 4.78 is 1.70. The van der Waals surface area contributed by atoms with E-state index in [1.807, 2.05) is 25.4 Å². The largest absolute Gasteiger partial charge is 0.334 e. The zero-order valence-electron chi connectivity index (χ0n) is 10.6. The average molecular weight is 279 g/mol. The molecule has 0 spiro atoms. The van der Waals surface area contributed by atoms with E-state index < -0.39 is 0 Å². The molecule has 0 bridgehead atoms. The Hall–Kier alpha value is -2.01. The van der Waals surface area contributed by atoms with Crippen LogP contribution in [-0.4, -0.2) is 15.8 Å². The van der Waals surface area contributed by atoms with Crippen LogP contribution in [0.4, 0.5) is 4.79 Å². The van der Waals surface area contributed by atoms with Gasteiger partial charge in [-0.2, -0.15) is 5.10 Å². The van der Waals surface area contributed by atoms with E-state index in [9.17, 15) is 4.79 Å². The molecule has 0 aliphatic heterocycles. The first-order valence-corrected chi connectivity index (χ1v) is 6.25. The molecular weight excluding hydrogens is 264 g/mol. The van der Waals surface area contributed by atoms with Crippen molar-refractivity contribution in [3.63, 3.8) is 0 Å². The van der Waals surface area contributed by atoms with Gasteiger partial charge in [0.15, 0.2) is 0 Å². The minimum atomic E-state index is -0.209. The molecular formula is C13H15ClN4O. The number of urea groups is 1. The molecule has 1 aromatic heterocycles. The van der Waals surface area contributed by atoms with Crippen molar-refractivity contribution in [3.05, 3.63) is 52.8 Å². The molecule has 2 aromatic rings. The second-order valence-electron chi connectivity index (χ2n) is 4.18. The molecule has 0 aliphatic carbocycles. The van der Waals surface area contributed by atoms with Crippen LogP contribution in [0.2, 0.25) is 5.02 Å². The maximum Gasteiger partial charge on any atom is 0.315 e. The second kappa shape index (κ2) is 6.24. The summed E-state index contributed by atoms with van der Waals surface area (Å²) >= 11 is 5.79. The third-order valence-electron chi connectivity index (χ3n) is 2.58. The number of amides is 2. The van der Waals surface area contributed by atoms with Gasteiger partial charge in [0.2, 0.25) is 0 Å². The van der Waals surface area contributed by atoms with Gasteiger partial charge in [-0.25, -0.2) is 4.79 Å². The predicted molar refractivity (Wildman–Crippen MR) is 73.7 cm³/mol. The van der Waals surface area contributed by atoms with Gasteiger partial charge in [-0.15, -0.1) is 0 Å². The molecule has 0 radical (unpaired) electrons. The van der Waals surface area contributed by atoms with Crippen molar-refractivity contribution in [2.45, 2.75) is 13.1 Å². The van der Waals surface area contributed by atoms with Gasteiger partial charge in [0.1, 0.15) is 0 Å². The predicted octanol–water partition coefficient (Wildman–Crippen LogP) is 2.07. The van der Waals surface area contributed by atoms with Gasteiger partial charge >= 0.3 is 6.03 Å². The summed E-state index contributed by atoms with van der Waals surface area (Å²) in [5, 5.41) is 10.3. The molecule has 0 saturated heterocycles. The maximum absolute atomic E-state index is 11.6. The maximum atomic E-state index is 11.6. The lowest BCUT2D eigenvalue weighted by atomic mass is 10.2. The summed E-state index contributed by atoms with van der Waals surface area (Å²) in [5.74, 6) is 0. The van der Waals surface area contributed by atoms with Crippen molar-refractivity contribution in [2.75, 3.05) is 0 Å². The highest BCUT2D eigenvalue weighted by atomic mass is 35.5. The topological polar surface area (TPSA) is 59.0 Å². The van der Waals surface area contributed by atoms with Gasteiger partial charge in [0.05, 0.1) is 6.20 Å². The standard InChI is InChI=1S/C13H15ClN4O/c1-18-9-11(8-17-18)7-16-13(19)15-6-10-2-4-12(14)5-3-10/h2-5,8-9H,6-7H2,1H3,(H2,15,16,19). The van der Waals surface area contributed by atoms with Gasteiger partial charge in [-0.1, -0.05) is 23.7 Å². The van der Waals surface area contributed by atoms with Gasteiger partial charge < -0.3 is 10.6 Å². The van der Waals surface area contributed by atoms with Crippen molar-refractivity contribution in [2.24, 2.45) is 7.05 Å². The Morgan fingerprint density at radius 3 is 2.42 bits per heavy atom. The highest BCUT2D eigenvalue weighted by Crippen LogP contribution is 2.08. The Morgan fingerprint density at radius 2 is 1.84 bits per heavy atom. The number of aryl methyl sites for hydroxylation is 1. The molecule has 0 unspecified atom stereocenters. The lowest BCUT2D eigenvalue weighted by Crippen LogP contribution is -2.34. The Kier molecular flexibility index (Phi) is 4.41. The summed E-state index contributed by atoms with van der Waals surface area (Å²) in [6.45, 7) is 0.927. The van der Waals surface area contributed by atoms with E-state index in [1.165, 1.54) is 0 Å². The highest BCUT2D eigenvalue weighted by molar-refractivity contribution is 6.30. The van der Waals surface area contributed by atoms with E-state index in [0.29, 0.717) is 18.1 Å². The smallest absolute Gasteiger partial charge is 0.315 e. The molecule has 1 heterocycles. The number of carbonyl (C=O) groups excluding carboxylic acids is 1. The molecule has 5 nitrogen and oxygen atoms in total. The molecule has 100 valence electrons. The van der Waals surface area contributed by atoms with Gasteiger partial charge in [0.25, 0.3) is 0 Å². The van der Waals surface area contributed by atoms with Crippen LogP contribution in [0.1, 0.15) is 11.1 Å². The molecule has 0 atom stereocenters. The number of hydrogen-bond acceptors (Lipinski definition) is 2. The number of aromatic nitrogens is 2. The first-order chi connectivity index (χ1) is 9.13. The fourth-order valence-corrected chi connectivity index (χ4v) is 1.72. The third-order valence-corrected chi connectivity index (χ3v) is 2.83. The van der Waals surface area contributed by atoms with Crippen molar-refractivity contribution in [3.8, 4) is 0 Å². The molecule has 6 heteroatoms. The summed E-state index contributed by atoms with van der Waals surface area (Å²) in [5.41, 5.74) is 1.96. The SMILES string of the molecule is Cn1cc(CNC(=O)NCc2ccc(Cl)cc2)cn1. The Morgan fingerprint density at radius 1 is 1.21 bits per heavy atom. The summed E-state index contributed by atoms with van der Waals surface area (Å²) in [7, 11) is 1.84. The van der Waals surface area contributed by atoms with Crippen LogP contribution in [0.15, 0.2) is 36.7 Å². The number of nitrogens with one attached hydrogen (secondary N) is 2. The lowest BCUT2D eigenvalue weighted by molar-refractivity contribution is 0.240. The molecule has 0 saturated carbocycles. The average Bonchev–Trinajstić information content (AvgIpc) is 2.81. The zero-order valence-corrected chi connectivity index (χ0v) is 11.3. The van der Waals surface area contributed by atoms with Crippen molar-refractivity contribution >= 4 is 17.6 Å². The molecule has 2 N–H and O–H groups in total. The number of carbonyl (C=O) groups is 1. The molecule has 2 rings (SSSR count). The summed E-state index contributed by atoms with van der Waals surface area (Å²) in [6, 6.07) is 7.14. The fourth-order valence-electron chi connectivity index (χ4n) is 1.59. The second-order valence-corrected chi connectivity index (χ2v) is 4.62. The molecule has 2 amide bonds. The van der Waals surface area contributed by atoms with Crippen LogP contribution < -0.4 is 10.6 Å². The first kappa shape index (κ1) is 13.4. The van der Waals surface area contributed by atoms with E-state index in [4.69, 9.17) is 11.6 Å². The number of nitrogens with zero attached hydrogens (tertiary/aromatic N) is 2. The van der Waals surface area contributed by atoms with Crippen LogP contribution in [0.25, 0.3) is 0 Å². The van der Waals surface area contributed by atoms with Crippen molar-refractivity contribution < 1.29 is 4.79 Å². The number of rotatable bonds is 4. The minimum Gasteiger partial charge on any atom is -0.334 e. The molecule has 0 aliphatic rings. The van der Waals surface area contributed by atoms with Gasteiger partial charge in [-0.05, 0) is 17.7 Å². The van der Waals surface area contributed by atoms with Crippen molar-refractivity contribution in [1.82, 2.24) is 20.4 Å². The Bertz CT molecular complexity index is 550. The van der Waals surface area contributed by atoms with Gasteiger partial charge in [0, 0.05) is 36.9 Å². The minimum absolute atomic E-state index is 0.209. The summed E-state index contributed by atoms with van der Waals surface area (Å²) in [4.78, 5) is 11.6.